The van der Waals surface area contributed by atoms with Gasteiger partial charge in [0.05, 0.1) is 11.4 Å². The molecule has 0 aliphatic carbocycles. The number of thiophene rings is 1. The van der Waals surface area contributed by atoms with Crippen LogP contribution in [0, 0.1) is 12.4 Å². The summed E-state index contributed by atoms with van der Waals surface area (Å²) >= 11 is 1.32. The van der Waals surface area contributed by atoms with Crippen molar-refractivity contribution in [3.8, 4) is 21.6 Å². The first kappa shape index (κ1) is 26.3. The number of fused-ring (bicyclic) bond motifs is 1. The molecule has 39 heavy (non-hydrogen) atoms. The molecule has 11 heteroatoms. The Bertz CT molecular complexity index is 1600. The molecule has 2 amide bonds. The Kier molecular flexibility index (Phi) is 7.06. The molecule has 1 fully saturated rings. The molecule has 3 aromatic heterocycles. The van der Waals surface area contributed by atoms with Crippen LogP contribution < -0.4 is 5.32 Å². The molecule has 0 saturated carbocycles. The predicted octanol–water partition coefficient (Wildman–Crippen LogP) is 5.94. The lowest BCUT2D eigenvalue weighted by Crippen LogP contribution is -2.50. The molecule has 1 aromatic carbocycles. The van der Waals surface area contributed by atoms with Gasteiger partial charge in [0.25, 0.3) is 5.91 Å². The predicted molar refractivity (Wildman–Crippen MR) is 146 cm³/mol. The number of hydrogen-bond donors (Lipinski definition) is 1. The Morgan fingerprint density at radius 2 is 2.03 bits per heavy atom. The van der Waals surface area contributed by atoms with Crippen molar-refractivity contribution in [1.29, 1.82) is 0 Å². The van der Waals surface area contributed by atoms with Crippen molar-refractivity contribution in [3.05, 3.63) is 71.0 Å². The molecule has 200 valence electrons. The number of aromatic nitrogens is 3. The van der Waals surface area contributed by atoms with Crippen LogP contribution in [0.2, 0.25) is 0 Å². The van der Waals surface area contributed by atoms with Crippen LogP contribution in [0.15, 0.2) is 48.9 Å². The number of rotatable bonds is 4. The summed E-state index contributed by atoms with van der Waals surface area (Å²) in [6, 6.07) is 9.74. The number of nitrogens with one attached hydrogen (secondary N) is 1. The fourth-order valence-electron chi connectivity index (χ4n) is 4.56. The van der Waals surface area contributed by atoms with Crippen LogP contribution in [0.1, 0.15) is 43.3 Å². The normalized spacial score (nSPS) is 15.7. The molecular weight excluding hydrogens is 519 g/mol. The summed E-state index contributed by atoms with van der Waals surface area (Å²) in [4.78, 5) is 36.4. The van der Waals surface area contributed by atoms with Gasteiger partial charge in [0, 0.05) is 35.8 Å². The molecule has 4 heterocycles. The van der Waals surface area contributed by atoms with E-state index in [1.54, 1.807) is 48.5 Å². The summed E-state index contributed by atoms with van der Waals surface area (Å²) < 4.78 is 21.6. The first-order valence-electron chi connectivity index (χ1n) is 12.5. The highest BCUT2D eigenvalue weighted by Crippen LogP contribution is 2.41. The van der Waals surface area contributed by atoms with Gasteiger partial charge in [0.15, 0.2) is 5.65 Å². The number of ether oxygens (including phenoxy) is 1. The lowest BCUT2D eigenvalue weighted by atomic mass is 10.0. The number of alkyl carbamates (subject to hydrolysis) is 1. The Labute approximate surface area is 229 Å². The van der Waals surface area contributed by atoms with Gasteiger partial charge in [-0.05, 0) is 69.0 Å². The highest BCUT2D eigenvalue weighted by Gasteiger charge is 2.29. The summed E-state index contributed by atoms with van der Waals surface area (Å²) in [6.07, 6.45) is 4.22. The number of benzene rings is 1. The van der Waals surface area contributed by atoms with Crippen molar-refractivity contribution in [2.24, 2.45) is 0 Å². The van der Waals surface area contributed by atoms with Crippen molar-refractivity contribution >= 4 is 34.7 Å². The molecular formula is C28H27FN6O3S. The molecule has 1 saturated heterocycles. The van der Waals surface area contributed by atoms with E-state index in [-0.39, 0.29) is 17.6 Å². The molecule has 1 aliphatic heterocycles. The van der Waals surface area contributed by atoms with Crippen molar-refractivity contribution in [2.75, 3.05) is 13.1 Å². The topological polar surface area (TPSA) is 93.2 Å². The quantitative estimate of drug-likeness (QED) is 0.320. The molecule has 9 nitrogen and oxygen atoms in total. The average molecular weight is 547 g/mol. The van der Waals surface area contributed by atoms with Crippen molar-refractivity contribution in [2.45, 2.75) is 45.3 Å². The largest absolute Gasteiger partial charge is 0.444 e. The maximum absolute atomic E-state index is 14.6. The van der Waals surface area contributed by atoms with E-state index in [1.165, 1.54) is 29.8 Å². The Morgan fingerprint density at radius 3 is 2.77 bits per heavy atom. The Hall–Kier alpha value is -4.30. The van der Waals surface area contributed by atoms with Gasteiger partial charge < -0.3 is 15.0 Å². The third-order valence-electron chi connectivity index (χ3n) is 6.29. The molecule has 1 aliphatic rings. The maximum atomic E-state index is 14.6. The van der Waals surface area contributed by atoms with Gasteiger partial charge in [0.2, 0.25) is 5.69 Å². The van der Waals surface area contributed by atoms with E-state index in [1.807, 2.05) is 12.1 Å². The number of hydrogen-bond acceptors (Lipinski definition) is 6. The number of carbonyl (C=O) groups excluding carboxylic acids is 2. The molecule has 1 atom stereocenters. The first-order chi connectivity index (χ1) is 18.6. The van der Waals surface area contributed by atoms with E-state index in [0.717, 1.165) is 23.3 Å². The molecule has 4 aromatic rings. The van der Waals surface area contributed by atoms with E-state index < -0.39 is 17.5 Å². The van der Waals surface area contributed by atoms with E-state index in [0.29, 0.717) is 34.7 Å². The molecule has 0 unspecified atom stereocenters. The van der Waals surface area contributed by atoms with Gasteiger partial charge in [-0.25, -0.2) is 23.5 Å². The van der Waals surface area contributed by atoms with E-state index in [2.05, 4.69) is 20.2 Å². The lowest BCUT2D eigenvalue weighted by molar-refractivity contribution is 0.0453. The van der Waals surface area contributed by atoms with Crippen LogP contribution in [0.5, 0.6) is 0 Å². The third kappa shape index (κ3) is 5.76. The standard InChI is InChI=1S/C28H27FN6O3S/c1-28(2,3)38-27(37)33-19-6-5-10-34(15-19)26(36)23-14-20(17-7-8-22(30-4)21(29)12-17)25(39-23)18-9-11-35-24(13-18)31-16-32-35/h7-9,11-14,16,19H,5-6,10,15H2,1-3H3,(H,33,37)/t19-/m1/s1. The smallest absolute Gasteiger partial charge is 0.407 e. The molecule has 1 N–H and O–H groups in total. The number of amides is 2. The highest BCUT2D eigenvalue weighted by atomic mass is 32.1. The summed E-state index contributed by atoms with van der Waals surface area (Å²) in [5.41, 5.74) is 2.03. The molecule has 5 rings (SSSR count). The van der Waals surface area contributed by atoms with Gasteiger partial charge in [-0.1, -0.05) is 12.1 Å². The van der Waals surface area contributed by atoms with Gasteiger partial charge in [-0.15, -0.1) is 11.3 Å². The van der Waals surface area contributed by atoms with Gasteiger partial charge >= 0.3 is 6.09 Å². The second-order valence-corrected chi connectivity index (χ2v) is 11.4. The summed E-state index contributed by atoms with van der Waals surface area (Å²) in [5.74, 6) is -0.780. The molecule has 0 spiro atoms. The Balaban J connectivity index is 1.46. The zero-order chi connectivity index (χ0) is 27.7. The molecule has 0 radical (unpaired) electrons. The number of pyridine rings is 1. The highest BCUT2D eigenvalue weighted by molar-refractivity contribution is 7.18. The van der Waals surface area contributed by atoms with Crippen LogP contribution in [0.25, 0.3) is 32.1 Å². The number of halogens is 1. The second kappa shape index (κ2) is 10.5. The zero-order valence-electron chi connectivity index (χ0n) is 21.8. The molecule has 0 bridgehead atoms. The number of piperidine rings is 1. The minimum atomic E-state index is -0.618. The van der Waals surface area contributed by atoms with Gasteiger partial charge in [-0.3, -0.25) is 4.79 Å². The zero-order valence-corrected chi connectivity index (χ0v) is 22.6. The van der Waals surface area contributed by atoms with Crippen molar-refractivity contribution in [3.63, 3.8) is 0 Å². The minimum Gasteiger partial charge on any atom is -0.444 e. The fraction of sp³-hybridized carbons (Fsp3) is 0.321. The van der Waals surface area contributed by atoms with Gasteiger partial charge in [-0.2, -0.15) is 5.10 Å². The van der Waals surface area contributed by atoms with Crippen LogP contribution in [0.3, 0.4) is 0 Å². The number of likely N-dealkylation sites (tertiary alicyclic amines) is 1. The summed E-state index contributed by atoms with van der Waals surface area (Å²) in [5, 5.41) is 7.02. The van der Waals surface area contributed by atoms with Crippen LogP contribution >= 0.6 is 11.3 Å². The monoisotopic (exact) mass is 546 g/mol. The second-order valence-electron chi connectivity index (χ2n) is 10.3. The van der Waals surface area contributed by atoms with E-state index >= 15 is 0 Å². The van der Waals surface area contributed by atoms with Crippen molar-refractivity contribution in [1.82, 2.24) is 24.8 Å². The van der Waals surface area contributed by atoms with Gasteiger partial charge in [0.1, 0.15) is 17.7 Å². The summed E-state index contributed by atoms with van der Waals surface area (Å²) in [6.45, 7) is 13.5. The summed E-state index contributed by atoms with van der Waals surface area (Å²) in [7, 11) is 0. The van der Waals surface area contributed by atoms with Crippen LogP contribution in [-0.4, -0.2) is 56.2 Å². The maximum Gasteiger partial charge on any atom is 0.407 e. The van der Waals surface area contributed by atoms with Crippen molar-refractivity contribution < 1.29 is 18.7 Å². The SMILES string of the molecule is [C-]#[N+]c1ccc(-c2cc(C(=O)N3CCC[C@@H](NC(=O)OC(C)(C)C)C3)sc2-c2ccn3ncnc3c2)cc1F. The van der Waals surface area contributed by atoms with Crippen LogP contribution in [0.4, 0.5) is 14.9 Å². The lowest BCUT2D eigenvalue weighted by Gasteiger charge is -2.33. The Morgan fingerprint density at radius 1 is 1.21 bits per heavy atom. The van der Waals surface area contributed by atoms with E-state index in [9.17, 15) is 14.0 Å². The minimum absolute atomic E-state index is 0.0615. The third-order valence-corrected chi connectivity index (χ3v) is 7.47. The first-order valence-corrected chi connectivity index (χ1v) is 13.3. The van der Waals surface area contributed by atoms with E-state index in [4.69, 9.17) is 11.3 Å². The number of nitrogens with zero attached hydrogens (tertiary/aromatic N) is 5. The average Bonchev–Trinajstić information content (AvgIpc) is 3.54. The number of carbonyl (C=O) groups is 2. The van der Waals surface area contributed by atoms with Crippen LogP contribution in [-0.2, 0) is 4.74 Å². The fourth-order valence-corrected chi connectivity index (χ4v) is 5.70.